The van der Waals surface area contributed by atoms with Crippen LogP contribution in [0, 0.1) is 11.6 Å². The van der Waals surface area contributed by atoms with Crippen LogP contribution in [-0.4, -0.2) is 34.7 Å². The predicted molar refractivity (Wildman–Crippen MR) is 168 cm³/mol. The lowest BCUT2D eigenvalue weighted by molar-refractivity contribution is -0.123. The summed E-state index contributed by atoms with van der Waals surface area (Å²) < 4.78 is 35.0. The van der Waals surface area contributed by atoms with E-state index in [2.05, 4.69) is 15.6 Å². The highest BCUT2D eigenvalue weighted by atomic mass is 35.5. The molecule has 0 saturated carbocycles. The van der Waals surface area contributed by atoms with Crippen LogP contribution in [0.25, 0.3) is 22.2 Å². The highest BCUT2D eigenvalue weighted by Gasteiger charge is 2.31. The molecule has 5 aromatic rings. The second kappa shape index (κ2) is 14.3. The van der Waals surface area contributed by atoms with Crippen LogP contribution in [0.5, 0.6) is 0 Å². The van der Waals surface area contributed by atoms with E-state index in [1.807, 2.05) is 19.1 Å². The van der Waals surface area contributed by atoms with Gasteiger partial charge in [-0.15, -0.1) is 0 Å². The topological polar surface area (TPSA) is 101 Å². The molecular weight excluding hydrogens is 600 g/mol. The van der Waals surface area contributed by atoms with Crippen molar-refractivity contribution in [2.45, 2.75) is 44.7 Å². The number of para-hydroxylation sites is 2. The van der Waals surface area contributed by atoms with E-state index >= 15 is 0 Å². The quantitative estimate of drug-likeness (QED) is 0.141. The molecule has 10 heteroatoms. The van der Waals surface area contributed by atoms with Gasteiger partial charge in [0.15, 0.2) is 5.58 Å². The summed E-state index contributed by atoms with van der Waals surface area (Å²) in [5, 5.41) is 5.86. The van der Waals surface area contributed by atoms with Gasteiger partial charge in [0.1, 0.15) is 23.2 Å². The van der Waals surface area contributed by atoms with Crippen LogP contribution in [0.2, 0.25) is 5.02 Å². The molecule has 2 unspecified atom stereocenters. The number of hydrogen-bond acceptors (Lipinski definition) is 5. The van der Waals surface area contributed by atoms with E-state index in [-0.39, 0.29) is 23.4 Å². The molecule has 4 aromatic carbocycles. The fourth-order valence-electron chi connectivity index (χ4n) is 4.94. The maximum Gasteiger partial charge on any atom is 0.266 e. The lowest BCUT2D eigenvalue weighted by Crippen LogP contribution is -2.52. The molecule has 0 spiro atoms. The number of nitrogens with zero attached hydrogens (tertiary/aromatic N) is 1. The van der Waals surface area contributed by atoms with Crippen LogP contribution in [0.15, 0.2) is 95.4 Å². The Balaban J connectivity index is 1.39. The van der Waals surface area contributed by atoms with Crippen molar-refractivity contribution in [1.29, 1.82) is 0 Å². The SMILES string of the molecule is CCCCC(NC(=O)C(Cc1c(F)cccc1F)NC(=O)c1ccc(-c2cccc(Cl)c2)cc1)C(=O)c1nc2ccccc2o1. The van der Waals surface area contributed by atoms with Gasteiger partial charge in [-0.05, 0) is 66.1 Å². The largest absolute Gasteiger partial charge is 0.434 e. The Hall–Kier alpha value is -4.89. The Morgan fingerprint density at radius 3 is 2.24 bits per heavy atom. The van der Waals surface area contributed by atoms with Crippen molar-refractivity contribution in [2.24, 2.45) is 0 Å². The Labute approximate surface area is 263 Å². The number of hydrogen-bond donors (Lipinski definition) is 2. The summed E-state index contributed by atoms with van der Waals surface area (Å²) in [6, 6.07) is 21.6. The molecule has 1 heterocycles. The summed E-state index contributed by atoms with van der Waals surface area (Å²) in [4.78, 5) is 44.8. The minimum atomic E-state index is -1.42. The molecule has 45 heavy (non-hydrogen) atoms. The molecule has 230 valence electrons. The van der Waals surface area contributed by atoms with Crippen molar-refractivity contribution in [1.82, 2.24) is 15.6 Å². The Kier molecular flexibility index (Phi) is 9.99. The van der Waals surface area contributed by atoms with Crippen LogP contribution in [-0.2, 0) is 11.2 Å². The number of aromatic nitrogens is 1. The lowest BCUT2D eigenvalue weighted by Gasteiger charge is -2.23. The van der Waals surface area contributed by atoms with Gasteiger partial charge >= 0.3 is 0 Å². The van der Waals surface area contributed by atoms with Gasteiger partial charge in [0.05, 0.1) is 6.04 Å². The fraction of sp³-hybridized carbons (Fsp3) is 0.200. The lowest BCUT2D eigenvalue weighted by atomic mass is 10.0. The van der Waals surface area contributed by atoms with Crippen molar-refractivity contribution in [2.75, 3.05) is 0 Å². The smallest absolute Gasteiger partial charge is 0.266 e. The van der Waals surface area contributed by atoms with E-state index in [1.165, 1.54) is 6.07 Å². The summed E-state index contributed by atoms with van der Waals surface area (Å²) in [6.45, 7) is 1.93. The molecular formula is C35H30ClF2N3O4. The van der Waals surface area contributed by atoms with Crippen LogP contribution in [0.1, 0.15) is 52.8 Å². The molecule has 2 amide bonds. The molecule has 2 atom stereocenters. The van der Waals surface area contributed by atoms with Gasteiger partial charge in [-0.25, -0.2) is 13.8 Å². The minimum absolute atomic E-state index is 0.168. The zero-order chi connectivity index (χ0) is 31.9. The maximum atomic E-state index is 14.7. The van der Waals surface area contributed by atoms with Crippen molar-refractivity contribution < 1.29 is 27.6 Å². The van der Waals surface area contributed by atoms with Crippen molar-refractivity contribution in [3.05, 3.63) is 125 Å². The zero-order valence-corrected chi connectivity index (χ0v) is 25.1. The van der Waals surface area contributed by atoms with Gasteiger partial charge in [-0.2, -0.15) is 0 Å². The highest BCUT2D eigenvalue weighted by Crippen LogP contribution is 2.23. The van der Waals surface area contributed by atoms with Gasteiger partial charge in [-0.3, -0.25) is 14.4 Å². The summed E-state index contributed by atoms with van der Waals surface area (Å²) >= 11 is 6.10. The number of carbonyl (C=O) groups excluding carboxylic acids is 3. The number of ketones is 1. The number of nitrogens with one attached hydrogen (secondary N) is 2. The zero-order valence-electron chi connectivity index (χ0n) is 24.4. The Bertz CT molecular complexity index is 1790. The van der Waals surface area contributed by atoms with Crippen molar-refractivity contribution in [3.8, 4) is 11.1 Å². The second-order valence-corrected chi connectivity index (χ2v) is 11.0. The Morgan fingerprint density at radius 1 is 0.844 bits per heavy atom. The molecule has 1 aromatic heterocycles. The number of carbonyl (C=O) groups is 3. The maximum absolute atomic E-state index is 14.7. The average molecular weight is 630 g/mol. The van der Waals surface area contributed by atoms with Gasteiger partial charge in [0, 0.05) is 22.6 Å². The van der Waals surface area contributed by atoms with Gasteiger partial charge in [0.25, 0.3) is 11.8 Å². The Morgan fingerprint density at radius 2 is 1.56 bits per heavy atom. The third-order valence-corrected chi connectivity index (χ3v) is 7.62. The average Bonchev–Trinajstić information content (AvgIpc) is 3.48. The summed E-state index contributed by atoms with van der Waals surface area (Å²) in [6.07, 6.45) is 1.10. The number of benzene rings is 4. The summed E-state index contributed by atoms with van der Waals surface area (Å²) in [5.41, 5.74) is 2.42. The number of oxazole rings is 1. The van der Waals surface area contributed by atoms with Crippen LogP contribution in [0.4, 0.5) is 8.78 Å². The minimum Gasteiger partial charge on any atom is -0.434 e. The van der Waals surface area contributed by atoms with E-state index in [0.29, 0.717) is 22.5 Å². The number of fused-ring (bicyclic) bond motifs is 1. The highest BCUT2D eigenvalue weighted by molar-refractivity contribution is 6.30. The summed E-state index contributed by atoms with van der Waals surface area (Å²) in [5.74, 6) is -3.87. The van der Waals surface area contributed by atoms with E-state index in [9.17, 15) is 23.2 Å². The number of rotatable bonds is 12. The molecule has 0 fully saturated rings. The van der Waals surface area contributed by atoms with Gasteiger partial charge in [0.2, 0.25) is 11.7 Å². The molecule has 0 saturated heterocycles. The normalized spacial score (nSPS) is 12.4. The molecule has 0 radical (unpaired) electrons. The van der Waals surface area contributed by atoms with E-state index in [4.69, 9.17) is 16.0 Å². The molecule has 0 aliphatic heterocycles. The predicted octanol–water partition coefficient (Wildman–Crippen LogP) is 7.33. The first-order valence-electron chi connectivity index (χ1n) is 14.5. The van der Waals surface area contributed by atoms with Crippen LogP contribution >= 0.6 is 11.6 Å². The van der Waals surface area contributed by atoms with Crippen molar-refractivity contribution in [3.63, 3.8) is 0 Å². The number of amides is 2. The second-order valence-electron chi connectivity index (χ2n) is 10.6. The van der Waals surface area contributed by atoms with Crippen molar-refractivity contribution >= 4 is 40.3 Å². The monoisotopic (exact) mass is 629 g/mol. The number of unbranched alkanes of at least 4 members (excludes halogenated alkanes) is 1. The number of Topliss-reactive ketones (excluding diaryl/α,β-unsaturated/α-hetero) is 1. The molecule has 7 nitrogen and oxygen atoms in total. The molecule has 5 rings (SSSR count). The summed E-state index contributed by atoms with van der Waals surface area (Å²) in [7, 11) is 0. The first-order chi connectivity index (χ1) is 21.7. The first kappa shape index (κ1) is 31.5. The number of halogens is 3. The first-order valence-corrected chi connectivity index (χ1v) is 14.9. The fourth-order valence-corrected chi connectivity index (χ4v) is 5.13. The van der Waals surface area contributed by atoms with E-state index < -0.39 is 47.7 Å². The third-order valence-electron chi connectivity index (χ3n) is 7.38. The van der Waals surface area contributed by atoms with E-state index in [1.54, 1.807) is 60.7 Å². The molecule has 0 aliphatic carbocycles. The molecule has 2 N–H and O–H groups in total. The van der Waals surface area contributed by atoms with Crippen LogP contribution < -0.4 is 10.6 Å². The third kappa shape index (κ3) is 7.61. The van der Waals surface area contributed by atoms with Crippen LogP contribution in [0.3, 0.4) is 0 Å². The standard InChI is InChI=1S/C35H30ClF2N3O4/c1-2-3-12-29(32(42)35-41-28-13-4-5-14-31(28)45-35)39-34(44)30(20-25-26(37)10-7-11-27(25)38)40-33(43)22-17-15-21(16-18-22)23-8-6-9-24(36)19-23/h4-11,13-19,29-30H,2-3,12,20H2,1H3,(H,39,44)(H,40,43). The van der Waals surface area contributed by atoms with Gasteiger partial charge in [-0.1, -0.05) is 73.8 Å². The molecule has 0 aliphatic rings. The molecule has 0 bridgehead atoms. The van der Waals surface area contributed by atoms with Gasteiger partial charge < -0.3 is 15.1 Å². The van der Waals surface area contributed by atoms with E-state index in [0.717, 1.165) is 29.7 Å².